The van der Waals surface area contributed by atoms with Crippen molar-refractivity contribution in [3.63, 3.8) is 0 Å². The lowest BCUT2D eigenvalue weighted by Crippen LogP contribution is -2.15. The standard InChI is InChI=1S/C13H7ClF4N2O4S/c14-10-3-2-8(6-9(10)13(16,17)18)25(23,24)19-7-1-4-11(15)12(5-7)20(21)22/h1-6,19H. The summed E-state index contributed by atoms with van der Waals surface area (Å²) in [7, 11) is -4.52. The highest BCUT2D eigenvalue weighted by Gasteiger charge is 2.34. The molecule has 25 heavy (non-hydrogen) atoms. The van der Waals surface area contributed by atoms with Crippen LogP contribution in [0.4, 0.5) is 28.9 Å². The van der Waals surface area contributed by atoms with E-state index >= 15 is 0 Å². The number of halogens is 5. The van der Waals surface area contributed by atoms with Crippen LogP contribution in [0, 0.1) is 15.9 Å². The second-order valence-corrected chi connectivity index (χ2v) is 6.76. The largest absolute Gasteiger partial charge is 0.417 e. The molecule has 12 heteroatoms. The number of hydrogen-bond acceptors (Lipinski definition) is 4. The van der Waals surface area contributed by atoms with Gasteiger partial charge in [-0.25, -0.2) is 8.42 Å². The normalized spacial score (nSPS) is 12.0. The number of sulfonamides is 1. The summed E-state index contributed by atoms with van der Waals surface area (Å²) in [6, 6.07) is 4.05. The van der Waals surface area contributed by atoms with Crippen LogP contribution in [0.15, 0.2) is 41.3 Å². The molecule has 0 aromatic heterocycles. The molecule has 1 N–H and O–H groups in total. The van der Waals surface area contributed by atoms with Crippen molar-refractivity contribution in [2.45, 2.75) is 11.1 Å². The molecule has 0 aliphatic carbocycles. The number of hydrogen-bond donors (Lipinski definition) is 1. The highest BCUT2D eigenvalue weighted by atomic mass is 35.5. The van der Waals surface area contributed by atoms with E-state index in [1.165, 1.54) is 0 Å². The number of nitrogens with zero attached hydrogens (tertiary/aromatic N) is 1. The van der Waals surface area contributed by atoms with Crippen molar-refractivity contribution < 1.29 is 30.9 Å². The molecule has 0 bridgehead atoms. The fraction of sp³-hybridized carbons (Fsp3) is 0.0769. The van der Waals surface area contributed by atoms with Crippen molar-refractivity contribution in [3.05, 3.63) is 62.9 Å². The van der Waals surface area contributed by atoms with E-state index in [4.69, 9.17) is 11.6 Å². The van der Waals surface area contributed by atoms with E-state index in [0.717, 1.165) is 18.2 Å². The Morgan fingerprint density at radius 2 is 1.76 bits per heavy atom. The maximum Gasteiger partial charge on any atom is 0.417 e. The molecule has 6 nitrogen and oxygen atoms in total. The number of anilines is 1. The van der Waals surface area contributed by atoms with E-state index in [1.54, 1.807) is 0 Å². The molecule has 0 atom stereocenters. The summed E-state index contributed by atoms with van der Waals surface area (Å²) in [5.41, 5.74) is -2.74. The average Bonchev–Trinajstić information content (AvgIpc) is 2.47. The summed E-state index contributed by atoms with van der Waals surface area (Å²) in [5.74, 6) is -1.20. The van der Waals surface area contributed by atoms with E-state index in [-0.39, 0.29) is 0 Å². The summed E-state index contributed by atoms with van der Waals surface area (Å²) in [5, 5.41) is 9.96. The summed E-state index contributed by atoms with van der Waals surface area (Å²) in [6.45, 7) is 0. The number of nitrogens with one attached hydrogen (secondary N) is 1. The van der Waals surface area contributed by atoms with Crippen molar-refractivity contribution in [1.29, 1.82) is 0 Å². The SMILES string of the molecule is O=[N+]([O-])c1cc(NS(=O)(=O)c2ccc(Cl)c(C(F)(F)F)c2)ccc1F. The third-order valence-electron chi connectivity index (χ3n) is 2.95. The van der Waals surface area contributed by atoms with Crippen LogP contribution in [-0.2, 0) is 16.2 Å². The molecule has 2 rings (SSSR count). The molecule has 2 aromatic carbocycles. The Bertz CT molecular complexity index is 948. The van der Waals surface area contributed by atoms with Gasteiger partial charge in [-0.05, 0) is 30.3 Å². The Morgan fingerprint density at radius 3 is 2.32 bits per heavy atom. The molecule has 2 aromatic rings. The molecule has 0 unspecified atom stereocenters. The third kappa shape index (κ3) is 4.17. The van der Waals surface area contributed by atoms with Gasteiger partial charge in [0, 0.05) is 6.07 Å². The molecule has 0 saturated heterocycles. The molecule has 0 heterocycles. The van der Waals surface area contributed by atoms with Gasteiger partial charge in [0.05, 0.1) is 26.1 Å². The Balaban J connectivity index is 2.44. The average molecular weight is 399 g/mol. The summed E-state index contributed by atoms with van der Waals surface area (Å²) in [4.78, 5) is 8.81. The minimum absolute atomic E-state index is 0.322. The lowest BCUT2D eigenvalue weighted by molar-refractivity contribution is -0.387. The van der Waals surface area contributed by atoms with Crippen molar-refractivity contribution in [2.75, 3.05) is 4.72 Å². The molecule has 0 fully saturated rings. The minimum atomic E-state index is -4.88. The predicted molar refractivity (Wildman–Crippen MR) is 80.3 cm³/mol. The van der Waals surface area contributed by atoms with Crippen molar-refractivity contribution in [2.24, 2.45) is 0 Å². The topological polar surface area (TPSA) is 89.3 Å². The molecule has 0 spiro atoms. The molecule has 0 saturated carbocycles. The van der Waals surface area contributed by atoms with E-state index in [9.17, 15) is 36.1 Å². The van der Waals surface area contributed by atoms with Gasteiger partial charge in [-0.2, -0.15) is 17.6 Å². The van der Waals surface area contributed by atoms with Crippen molar-refractivity contribution in [1.82, 2.24) is 0 Å². The molecule has 0 aliphatic heterocycles. The first-order valence-electron chi connectivity index (χ1n) is 6.25. The van der Waals surface area contributed by atoms with Gasteiger partial charge in [-0.3, -0.25) is 14.8 Å². The zero-order valence-electron chi connectivity index (χ0n) is 11.8. The highest BCUT2D eigenvalue weighted by Crippen LogP contribution is 2.36. The summed E-state index contributed by atoms with van der Waals surface area (Å²) in [6.07, 6.45) is -4.88. The lowest BCUT2D eigenvalue weighted by atomic mass is 10.2. The maximum atomic E-state index is 13.2. The summed E-state index contributed by atoms with van der Waals surface area (Å²) >= 11 is 5.41. The smallest absolute Gasteiger partial charge is 0.279 e. The van der Waals surface area contributed by atoms with Gasteiger partial charge in [0.1, 0.15) is 0 Å². The van der Waals surface area contributed by atoms with Crippen molar-refractivity contribution >= 4 is 33.0 Å². The maximum absolute atomic E-state index is 13.2. The fourth-order valence-corrected chi connectivity index (χ4v) is 3.12. The Morgan fingerprint density at radius 1 is 1.12 bits per heavy atom. The van der Waals surface area contributed by atoms with Crippen LogP contribution < -0.4 is 4.72 Å². The molecular formula is C13H7ClF4N2O4S. The van der Waals surface area contributed by atoms with Crippen LogP contribution in [0.5, 0.6) is 0 Å². The Kier molecular flexibility index (Phi) is 4.91. The van der Waals surface area contributed by atoms with E-state index in [2.05, 4.69) is 0 Å². The van der Waals surface area contributed by atoms with Gasteiger partial charge in [-0.15, -0.1) is 0 Å². The van der Waals surface area contributed by atoms with E-state index in [0.29, 0.717) is 18.2 Å². The van der Waals surface area contributed by atoms with Crippen LogP contribution in [0.25, 0.3) is 0 Å². The number of nitro benzene ring substituents is 1. The first-order chi connectivity index (χ1) is 11.4. The monoisotopic (exact) mass is 398 g/mol. The molecule has 134 valence electrons. The fourth-order valence-electron chi connectivity index (χ4n) is 1.82. The van der Waals surface area contributed by atoms with Gasteiger partial charge in [-0.1, -0.05) is 11.6 Å². The first kappa shape index (κ1) is 18.9. The van der Waals surface area contributed by atoms with Crippen LogP contribution in [0.3, 0.4) is 0 Å². The molecule has 0 radical (unpaired) electrons. The zero-order valence-corrected chi connectivity index (χ0v) is 13.4. The summed E-state index contributed by atoms with van der Waals surface area (Å²) < 4.78 is 77.9. The van der Waals surface area contributed by atoms with E-state index in [1.807, 2.05) is 4.72 Å². The van der Waals surface area contributed by atoms with Gasteiger partial charge >= 0.3 is 11.9 Å². The minimum Gasteiger partial charge on any atom is -0.279 e. The van der Waals surface area contributed by atoms with Gasteiger partial charge in [0.15, 0.2) is 0 Å². The number of rotatable bonds is 4. The van der Waals surface area contributed by atoms with Gasteiger partial charge in [0.25, 0.3) is 10.0 Å². The molecule has 0 amide bonds. The lowest BCUT2D eigenvalue weighted by Gasteiger charge is -2.12. The number of benzene rings is 2. The number of alkyl halides is 3. The number of nitro groups is 1. The first-order valence-corrected chi connectivity index (χ1v) is 8.11. The van der Waals surface area contributed by atoms with Gasteiger partial charge in [0.2, 0.25) is 5.82 Å². The van der Waals surface area contributed by atoms with E-state index < -0.39 is 53.8 Å². The van der Waals surface area contributed by atoms with Crippen LogP contribution in [0.1, 0.15) is 5.56 Å². The van der Waals surface area contributed by atoms with Crippen LogP contribution >= 0.6 is 11.6 Å². The Labute approximate surface area is 143 Å². The third-order valence-corrected chi connectivity index (χ3v) is 4.66. The second kappa shape index (κ2) is 6.48. The van der Waals surface area contributed by atoms with Crippen molar-refractivity contribution in [3.8, 4) is 0 Å². The van der Waals surface area contributed by atoms with Crippen LogP contribution in [0.2, 0.25) is 5.02 Å². The quantitative estimate of drug-likeness (QED) is 0.474. The predicted octanol–water partition coefficient (Wildman–Crippen LogP) is 4.21. The van der Waals surface area contributed by atoms with Gasteiger partial charge < -0.3 is 0 Å². The molecular weight excluding hydrogens is 392 g/mol. The Hall–Kier alpha value is -2.40. The molecule has 0 aliphatic rings. The van der Waals surface area contributed by atoms with Crippen LogP contribution in [-0.4, -0.2) is 13.3 Å². The zero-order chi connectivity index (χ0) is 19.0. The highest BCUT2D eigenvalue weighted by molar-refractivity contribution is 7.92. The second-order valence-electron chi connectivity index (χ2n) is 4.67.